The standard InChI is InChI=1S/C22H32N6O2.HI/c1-22(2,3)30-21(29)26-19-8-10-28(15-19)20(23-4)25-13-17-6-5-7-18(12-17)14-27-11-9-24-16-27;/h5-7,9,11-12,16,19H,8,10,13-15H2,1-4H3,(H,23,25)(H,26,29);1H. The number of rotatable bonds is 5. The van der Waals surface area contributed by atoms with Crippen molar-refractivity contribution >= 4 is 36.0 Å². The minimum absolute atomic E-state index is 0. The van der Waals surface area contributed by atoms with Crippen molar-refractivity contribution in [3.8, 4) is 0 Å². The number of aromatic nitrogens is 2. The second-order valence-electron chi connectivity index (χ2n) is 8.53. The van der Waals surface area contributed by atoms with Gasteiger partial charge >= 0.3 is 6.09 Å². The number of guanidine groups is 1. The Morgan fingerprint density at radius 1 is 1.32 bits per heavy atom. The Morgan fingerprint density at radius 2 is 2.10 bits per heavy atom. The topological polar surface area (TPSA) is 83.8 Å². The lowest BCUT2D eigenvalue weighted by molar-refractivity contribution is 0.0507. The van der Waals surface area contributed by atoms with Crippen LogP contribution in [0.4, 0.5) is 4.79 Å². The molecule has 31 heavy (non-hydrogen) atoms. The third-order valence-electron chi connectivity index (χ3n) is 4.79. The number of amides is 1. The van der Waals surface area contributed by atoms with E-state index in [0.29, 0.717) is 13.1 Å². The first-order valence-corrected chi connectivity index (χ1v) is 10.3. The summed E-state index contributed by atoms with van der Waals surface area (Å²) in [7, 11) is 1.78. The maximum Gasteiger partial charge on any atom is 0.407 e. The van der Waals surface area contributed by atoms with Gasteiger partial charge in [0.05, 0.1) is 12.4 Å². The van der Waals surface area contributed by atoms with Gasteiger partial charge in [0.2, 0.25) is 0 Å². The Labute approximate surface area is 201 Å². The Morgan fingerprint density at radius 3 is 2.77 bits per heavy atom. The van der Waals surface area contributed by atoms with Crippen LogP contribution in [-0.4, -0.2) is 58.3 Å². The van der Waals surface area contributed by atoms with Gasteiger partial charge in [0, 0.05) is 45.6 Å². The number of ether oxygens (including phenoxy) is 1. The molecule has 1 aromatic carbocycles. The number of aliphatic imine (C=N–C) groups is 1. The molecular formula is C22H33IN6O2. The highest BCUT2D eigenvalue weighted by molar-refractivity contribution is 14.0. The van der Waals surface area contributed by atoms with Gasteiger partial charge in [-0.3, -0.25) is 4.99 Å². The van der Waals surface area contributed by atoms with Gasteiger partial charge in [-0.2, -0.15) is 0 Å². The fraction of sp³-hybridized carbons (Fsp3) is 0.500. The molecule has 8 nitrogen and oxygen atoms in total. The molecular weight excluding hydrogens is 507 g/mol. The number of hydrogen-bond acceptors (Lipinski definition) is 4. The molecule has 1 amide bonds. The summed E-state index contributed by atoms with van der Waals surface area (Å²) in [5, 5.41) is 6.39. The number of carbonyl (C=O) groups is 1. The number of halogens is 1. The molecule has 0 spiro atoms. The predicted molar refractivity (Wildman–Crippen MR) is 133 cm³/mol. The highest BCUT2D eigenvalue weighted by Crippen LogP contribution is 2.13. The molecule has 1 atom stereocenters. The molecule has 0 saturated carbocycles. The van der Waals surface area contributed by atoms with Crippen LogP contribution in [0.5, 0.6) is 0 Å². The molecule has 2 N–H and O–H groups in total. The van der Waals surface area contributed by atoms with E-state index in [1.54, 1.807) is 13.2 Å². The zero-order valence-corrected chi connectivity index (χ0v) is 21.0. The predicted octanol–water partition coefficient (Wildman–Crippen LogP) is 3.22. The fourth-order valence-corrected chi connectivity index (χ4v) is 3.49. The van der Waals surface area contributed by atoms with E-state index in [-0.39, 0.29) is 36.1 Å². The highest BCUT2D eigenvalue weighted by atomic mass is 127. The van der Waals surface area contributed by atoms with E-state index in [4.69, 9.17) is 4.74 Å². The summed E-state index contributed by atoms with van der Waals surface area (Å²) < 4.78 is 7.40. The smallest absolute Gasteiger partial charge is 0.407 e. The summed E-state index contributed by atoms with van der Waals surface area (Å²) in [4.78, 5) is 22.7. The van der Waals surface area contributed by atoms with Crippen LogP contribution in [0.25, 0.3) is 0 Å². The number of nitrogens with zero attached hydrogens (tertiary/aromatic N) is 4. The van der Waals surface area contributed by atoms with Crippen molar-refractivity contribution in [2.75, 3.05) is 20.1 Å². The molecule has 1 fully saturated rings. The molecule has 1 aromatic heterocycles. The van der Waals surface area contributed by atoms with Crippen molar-refractivity contribution < 1.29 is 9.53 Å². The number of likely N-dealkylation sites (tertiary alicyclic amines) is 1. The van der Waals surface area contributed by atoms with Gasteiger partial charge in [-0.1, -0.05) is 24.3 Å². The zero-order chi connectivity index (χ0) is 21.6. The largest absolute Gasteiger partial charge is 0.444 e. The third-order valence-corrected chi connectivity index (χ3v) is 4.79. The van der Waals surface area contributed by atoms with Crippen molar-refractivity contribution in [2.24, 2.45) is 4.99 Å². The second kappa shape index (κ2) is 11.4. The van der Waals surface area contributed by atoms with Gasteiger partial charge in [-0.05, 0) is 38.3 Å². The van der Waals surface area contributed by atoms with Gasteiger partial charge in [-0.15, -0.1) is 24.0 Å². The molecule has 0 bridgehead atoms. The first-order valence-electron chi connectivity index (χ1n) is 10.3. The van der Waals surface area contributed by atoms with Crippen LogP contribution >= 0.6 is 24.0 Å². The summed E-state index contributed by atoms with van der Waals surface area (Å²) in [5.41, 5.74) is 1.92. The fourth-order valence-electron chi connectivity index (χ4n) is 3.49. The average molecular weight is 540 g/mol. The summed E-state index contributed by atoms with van der Waals surface area (Å²) in [6.45, 7) is 8.62. The molecule has 3 rings (SSSR count). The summed E-state index contributed by atoms with van der Waals surface area (Å²) in [6, 6.07) is 8.54. The van der Waals surface area contributed by atoms with Crippen LogP contribution in [0, 0.1) is 0 Å². The molecule has 1 saturated heterocycles. The molecule has 1 aliphatic rings. The third kappa shape index (κ3) is 8.04. The molecule has 2 aromatic rings. The van der Waals surface area contributed by atoms with Crippen LogP contribution in [0.1, 0.15) is 38.3 Å². The molecule has 2 heterocycles. The van der Waals surface area contributed by atoms with Gasteiger partial charge in [-0.25, -0.2) is 9.78 Å². The zero-order valence-electron chi connectivity index (χ0n) is 18.7. The van der Waals surface area contributed by atoms with E-state index in [0.717, 1.165) is 25.5 Å². The lowest BCUT2D eigenvalue weighted by Crippen LogP contribution is -2.44. The van der Waals surface area contributed by atoms with Crippen molar-refractivity contribution in [1.29, 1.82) is 0 Å². The van der Waals surface area contributed by atoms with Crippen LogP contribution < -0.4 is 10.6 Å². The van der Waals surface area contributed by atoms with E-state index < -0.39 is 5.60 Å². The molecule has 9 heteroatoms. The number of alkyl carbamates (subject to hydrolysis) is 1. The minimum Gasteiger partial charge on any atom is -0.444 e. The lowest BCUT2D eigenvalue weighted by Gasteiger charge is -2.23. The number of benzene rings is 1. The monoisotopic (exact) mass is 540 g/mol. The van der Waals surface area contributed by atoms with Gasteiger partial charge in [0.15, 0.2) is 5.96 Å². The van der Waals surface area contributed by atoms with E-state index in [1.165, 1.54) is 11.1 Å². The van der Waals surface area contributed by atoms with Crippen LogP contribution in [0.15, 0.2) is 48.0 Å². The number of nitrogens with one attached hydrogen (secondary N) is 2. The highest BCUT2D eigenvalue weighted by Gasteiger charge is 2.27. The number of hydrogen-bond donors (Lipinski definition) is 2. The van der Waals surface area contributed by atoms with Crippen LogP contribution in [0.2, 0.25) is 0 Å². The lowest BCUT2D eigenvalue weighted by atomic mass is 10.1. The van der Waals surface area contributed by atoms with Crippen molar-refractivity contribution in [2.45, 2.75) is 51.9 Å². The van der Waals surface area contributed by atoms with Gasteiger partial charge < -0.3 is 24.8 Å². The first kappa shape index (κ1) is 25.0. The van der Waals surface area contributed by atoms with Crippen molar-refractivity contribution in [3.05, 3.63) is 54.1 Å². The first-order chi connectivity index (χ1) is 14.3. The molecule has 0 aliphatic carbocycles. The van der Waals surface area contributed by atoms with Crippen LogP contribution in [-0.2, 0) is 17.8 Å². The van der Waals surface area contributed by atoms with Gasteiger partial charge in [0.25, 0.3) is 0 Å². The normalized spacial score (nSPS) is 16.6. The summed E-state index contributed by atoms with van der Waals surface area (Å²) >= 11 is 0. The SMILES string of the molecule is CN=C(NCc1cccc(Cn2ccnc2)c1)N1CCC(NC(=O)OC(C)(C)C)C1.I. The van der Waals surface area contributed by atoms with Crippen molar-refractivity contribution in [3.63, 3.8) is 0 Å². The molecule has 1 unspecified atom stereocenters. The Bertz CT molecular complexity index is 863. The van der Waals surface area contributed by atoms with Crippen LogP contribution in [0.3, 0.4) is 0 Å². The Hall–Kier alpha value is -2.30. The average Bonchev–Trinajstić information content (AvgIpc) is 3.33. The minimum atomic E-state index is -0.494. The quantitative estimate of drug-likeness (QED) is 0.346. The molecule has 170 valence electrons. The Balaban J connectivity index is 0.00000341. The number of carbonyl (C=O) groups excluding carboxylic acids is 1. The molecule has 0 radical (unpaired) electrons. The summed E-state index contributed by atoms with van der Waals surface area (Å²) in [5.74, 6) is 0.837. The second-order valence-corrected chi connectivity index (χ2v) is 8.53. The van der Waals surface area contributed by atoms with Gasteiger partial charge in [0.1, 0.15) is 5.60 Å². The maximum absolute atomic E-state index is 12.0. The summed E-state index contributed by atoms with van der Waals surface area (Å²) in [6.07, 6.45) is 6.06. The maximum atomic E-state index is 12.0. The Kier molecular flexibility index (Phi) is 9.15. The molecule has 1 aliphatic heterocycles. The van der Waals surface area contributed by atoms with E-state index >= 15 is 0 Å². The van der Waals surface area contributed by atoms with E-state index in [2.05, 4.69) is 49.8 Å². The van der Waals surface area contributed by atoms with E-state index in [1.807, 2.05) is 37.9 Å². The van der Waals surface area contributed by atoms with E-state index in [9.17, 15) is 4.79 Å². The van der Waals surface area contributed by atoms with Crippen molar-refractivity contribution in [1.82, 2.24) is 25.1 Å². The number of imidazole rings is 1.